The van der Waals surface area contributed by atoms with Gasteiger partial charge in [0.05, 0.1) is 17.6 Å². The molecule has 1 atom stereocenters. The summed E-state index contributed by atoms with van der Waals surface area (Å²) in [4.78, 5) is 6.46. The molecule has 15 heavy (non-hydrogen) atoms. The van der Waals surface area contributed by atoms with Crippen molar-refractivity contribution in [1.82, 2.24) is 4.98 Å². The second-order valence-electron chi connectivity index (χ2n) is 4.33. The summed E-state index contributed by atoms with van der Waals surface area (Å²) in [5, 5.41) is 0. The second kappa shape index (κ2) is 4.51. The van der Waals surface area contributed by atoms with Crippen LogP contribution in [-0.4, -0.2) is 17.6 Å². The molecule has 1 unspecified atom stereocenters. The normalized spacial score (nSPS) is 22.5. The van der Waals surface area contributed by atoms with Gasteiger partial charge in [-0.25, -0.2) is 0 Å². The van der Waals surface area contributed by atoms with Crippen molar-refractivity contribution >= 4 is 11.4 Å². The maximum atomic E-state index is 5.96. The largest absolute Gasteiger partial charge is 0.396 e. The van der Waals surface area contributed by atoms with E-state index in [1.54, 1.807) is 6.20 Å². The minimum atomic E-state index is 0.595. The molecule has 0 aromatic carbocycles. The fraction of sp³-hybridized carbons (Fsp3) is 0.583. The van der Waals surface area contributed by atoms with Crippen molar-refractivity contribution in [3.05, 3.63) is 18.5 Å². The minimum Gasteiger partial charge on any atom is -0.396 e. The monoisotopic (exact) mass is 205 g/mol. The van der Waals surface area contributed by atoms with Gasteiger partial charge >= 0.3 is 0 Å². The van der Waals surface area contributed by atoms with E-state index in [-0.39, 0.29) is 0 Å². The van der Waals surface area contributed by atoms with Gasteiger partial charge in [-0.15, -0.1) is 0 Å². The molecule has 1 aromatic rings. The van der Waals surface area contributed by atoms with Gasteiger partial charge in [-0.1, -0.05) is 12.8 Å². The Balaban J connectivity index is 2.24. The van der Waals surface area contributed by atoms with Crippen molar-refractivity contribution in [3.63, 3.8) is 0 Å². The highest BCUT2D eigenvalue weighted by atomic mass is 15.2. The highest BCUT2D eigenvalue weighted by molar-refractivity contribution is 5.66. The first-order valence-electron chi connectivity index (χ1n) is 5.75. The molecule has 3 heteroatoms. The Labute approximate surface area is 91.3 Å². The van der Waals surface area contributed by atoms with Gasteiger partial charge < -0.3 is 10.6 Å². The lowest BCUT2D eigenvalue weighted by Crippen LogP contribution is -2.33. The van der Waals surface area contributed by atoms with Crippen LogP contribution in [0.2, 0.25) is 0 Å². The van der Waals surface area contributed by atoms with Crippen molar-refractivity contribution < 1.29 is 0 Å². The van der Waals surface area contributed by atoms with Crippen LogP contribution in [0.4, 0.5) is 11.4 Å². The molecule has 0 saturated carbocycles. The zero-order chi connectivity index (χ0) is 10.7. The van der Waals surface area contributed by atoms with Gasteiger partial charge in [0, 0.05) is 18.8 Å². The number of hydrogen-bond acceptors (Lipinski definition) is 3. The van der Waals surface area contributed by atoms with E-state index >= 15 is 0 Å². The lowest BCUT2D eigenvalue weighted by molar-refractivity contribution is 0.616. The van der Waals surface area contributed by atoms with E-state index in [0.29, 0.717) is 6.04 Å². The summed E-state index contributed by atoms with van der Waals surface area (Å²) >= 11 is 0. The number of rotatable bonds is 1. The van der Waals surface area contributed by atoms with Gasteiger partial charge in [0.25, 0.3) is 0 Å². The predicted molar refractivity (Wildman–Crippen MR) is 63.9 cm³/mol. The van der Waals surface area contributed by atoms with E-state index in [0.717, 1.165) is 17.9 Å². The van der Waals surface area contributed by atoms with Gasteiger partial charge in [0.1, 0.15) is 0 Å². The van der Waals surface area contributed by atoms with Crippen molar-refractivity contribution in [1.29, 1.82) is 0 Å². The van der Waals surface area contributed by atoms with Gasteiger partial charge in [0.15, 0.2) is 0 Å². The Morgan fingerprint density at radius 3 is 3.07 bits per heavy atom. The highest BCUT2D eigenvalue weighted by Gasteiger charge is 2.18. The number of pyridine rings is 1. The number of anilines is 2. The van der Waals surface area contributed by atoms with Gasteiger partial charge in [0.2, 0.25) is 0 Å². The fourth-order valence-corrected chi connectivity index (χ4v) is 2.29. The van der Waals surface area contributed by atoms with Crippen LogP contribution in [0.15, 0.2) is 18.5 Å². The van der Waals surface area contributed by atoms with E-state index in [2.05, 4.69) is 16.8 Å². The number of hydrogen-bond donors (Lipinski definition) is 1. The Kier molecular flexibility index (Phi) is 3.09. The molecule has 0 aliphatic carbocycles. The number of aromatic nitrogens is 1. The number of nitrogens with zero attached hydrogens (tertiary/aromatic N) is 2. The molecule has 0 spiro atoms. The Morgan fingerprint density at radius 2 is 2.27 bits per heavy atom. The Hall–Kier alpha value is -1.25. The lowest BCUT2D eigenvalue weighted by atomic mass is 10.1. The topological polar surface area (TPSA) is 42.2 Å². The zero-order valence-corrected chi connectivity index (χ0v) is 9.32. The zero-order valence-electron chi connectivity index (χ0n) is 9.32. The molecule has 82 valence electrons. The van der Waals surface area contributed by atoms with E-state index in [4.69, 9.17) is 5.73 Å². The third-order valence-corrected chi connectivity index (χ3v) is 3.19. The van der Waals surface area contributed by atoms with E-state index in [1.807, 2.05) is 12.3 Å². The maximum absolute atomic E-state index is 5.96. The molecule has 0 bridgehead atoms. The van der Waals surface area contributed by atoms with Crippen LogP contribution in [0.5, 0.6) is 0 Å². The summed E-state index contributed by atoms with van der Waals surface area (Å²) in [6, 6.07) is 2.62. The van der Waals surface area contributed by atoms with Crippen LogP contribution in [-0.2, 0) is 0 Å². The molecule has 0 radical (unpaired) electrons. The average molecular weight is 205 g/mol. The first kappa shape index (κ1) is 10.3. The Bertz CT molecular complexity index is 324. The first-order valence-corrected chi connectivity index (χ1v) is 5.75. The second-order valence-corrected chi connectivity index (χ2v) is 4.33. The van der Waals surface area contributed by atoms with Gasteiger partial charge in [-0.3, -0.25) is 4.98 Å². The molecule has 1 aliphatic heterocycles. The highest BCUT2D eigenvalue weighted by Crippen LogP contribution is 2.27. The van der Waals surface area contributed by atoms with E-state index in [9.17, 15) is 0 Å². The standard InChI is InChI=1S/C12H19N3/c1-10-5-3-2-4-8-15(10)12-6-7-14-9-11(12)13/h6-7,9-10H,2-5,8,13H2,1H3. The molecule has 1 aliphatic rings. The van der Waals surface area contributed by atoms with Crippen molar-refractivity contribution in [2.24, 2.45) is 0 Å². The van der Waals surface area contributed by atoms with Crippen molar-refractivity contribution in [3.8, 4) is 0 Å². The molecule has 1 saturated heterocycles. The van der Waals surface area contributed by atoms with E-state index < -0.39 is 0 Å². The van der Waals surface area contributed by atoms with Gasteiger partial charge in [-0.05, 0) is 25.8 Å². The van der Waals surface area contributed by atoms with Crippen LogP contribution < -0.4 is 10.6 Å². The van der Waals surface area contributed by atoms with Crippen molar-refractivity contribution in [2.45, 2.75) is 38.6 Å². The third kappa shape index (κ3) is 2.22. The van der Waals surface area contributed by atoms with Crippen LogP contribution in [0, 0.1) is 0 Å². The molecule has 3 nitrogen and oxygen atoms in total. The molecule has 0 amide bonds. The maximum Gasteiger partial charge on any atom is 0.0738 e. The van der Waals surface area contributed by atoms with E-state index in [1.165, 1.54) is 25.7 Å². The molecule has 2 rings (SSSR count). The Morgan fingerprint density at radius 1 is 1.40 bits per heavy atom. The molecule has 1 aromatic heterocycles. The summed E-state index contributed by atoms with van der Waals surface area (Å²) in [7, 11) is 0. The smallest absolute Gasteiger partial charge is 0.0738 e. The SMILES string of the molecule is CC1CCCCCN1c1ccncc1N. The van der Waals surface area contributed by atoms with Crippen LogP contribution in [0.1, 0.15) is 32.6 Å². The number of nitrogens with two attached hydrogens (primary N) is 1. The summed E-state index contributed by atoms with van der Waals surface area (Å²) in [6.07, 6.45) is 8.78. The molecular weight excluding hydrogens is 186 g/mol. The quantitative estimate of drug-likeness (QED) is 0.765. The predicted octanol–water partition coefficient (Wildman–Crippen LogP) is 2.43. The van der Waals surface area contributed by atoms with Gasteiger partial charge in [-0.2, -0.15) is 0 Å². The molecule has 1 fully saturated rings. The molecule has 2 N–H and O–H groups in total. The first-order chi connectivity index (χ1) is 7.29. The lowest BCUT2D eigenvalue weighted by Gasteiger charge is -2.30. The fourth-order valence-electron chi connectivity index (χ4n) is 2.29. The van der Waals surface area contributed by atoms with Crippen LogP contribution in [0.3, 0.4) is 0 Å². The minimum absolute atomic E-state index is 0.595. The summed E-state index contributed by atoms with van der Waals surface area (Å²) in [5.74, 6) is 0. The van der Waals surface area contributed by atoms with Crippen LogP contribution in [0.25, 0.3) is 0 Å². The van der Waals surface area contributed by atoms with Crippen LogP contribution >= 0.6 is 0 Å². The summed E-state index contributed by atoms with van der Waals surface area (Å²) in [6.45, 7) is 3.40. The number of nitrogen functional groups attached to an aromatic ring is 1. The average Bonchev–Trinajstić information content (AvgIpc) is 2.44. The third-order valence-electron chi connectivity index (χ3n) is 3.19. The molecule has 2 heterocycles. The summed E-state index contributed by atoms with van der Waals surface area (Å²) in [5.41, 5.74) is 7.91. The molecular formula is C12H19N3. The summed E-state index contributed by atoms with van der Waals surface area (Å²) < 4.78 is 0. The van der Waals surface area contributed by atoms with Crippen molar-refractivity contribution in [2.75, 3.05) is 17.2 Å².